The minimum Gasteiger partial charge on any atom is -0.343 e. The summed E-state index contributed by atoms with van der Waals surface area (Å²) < 4.78 is 4.95. The fourth-order valence-corrected chi connectivity index (χ4v) is 0.951. The van der Waals surface area contributed by atoms with Crippen LogP contribution in [0.4, 0.5) is 4.79 Å². The van der Waals surface area contributed by atoms with E-state index < -0.39 is 6.03 Å². The Kier molecular flexibility index (Phi) is 1.19. The van der Waals surface area contributed by atoms with Crippen molar-refractivity contribution in [2.24, 2.45) is 0 Å². The highest BCUT2D eigenvalue weighted by Gasteiger charge is 2.40. The second-order valence-corrected chi connectivity index (χ2v) is 2.36. The summed E-state index contributed by atoms with van der Waals surface area (Å²) in [7, 11) is 0. The van der Waals surface area contributed by atoms with Gasteiger partial charge in [0.25, 0.3) is 0 Å². The third-order valence-corrected chi connectivity index (χ3v) is 1.53. The van der Waals surface area contributed by atoms with Gasteiger partial charge in [0.05, 0.1) is 5.70 Å². The number of allylic oxidation sites excluding steroid dienone is 1. The maximum atomic E-state index is 10.8. The van der Waals surface area contributed by atoms with Gasteiger partial charge < -0.3 is 15.4 Å². The van der Waals surface area contributed by atoms with E-state index >= 15 is 0 Å². The SMILES string of the molecule is O=CC1=CC2OC2NC(=O)N1. The molecule has 5 heteroatoms. The van der Waals surface area contributed by atoms with Crippen molar-refractivity contribution in [2.75, 3.05) is 0 Å². The molecule has 1 fully saturated rings. The van der Waals surface area contributed by atoms with E-state index in [0.717, 1.165) is 0 Å². The zero-order chi connectivity index (χ0) is 7.84. The molecule has 0 radical (unpaired) electrons. The van der Waals surface area contributed by atoms with Crippen LogP contribution in [-0.4, -0.2) is 24.6 Å². The predicted octanol–water partition coefficient (Wildman–Crippen LogP) is -0.893. The summed E-state index contributed by atoms with van der Waals surface area (Å²) in [5, 5.41) is 4.85. The summed E-state index contributed by atoms with van der Waals surface area (Å²) in [5.74, 6) is 0. The Morgan fingerprint density at radius 2 is 2.45 bits per heavy atom. The van der Waals surface area contributed by atoms with Crippen molar-refractivity contribution in [1.29, 1.82) is 0 Å². The highest BCUT2D eigenvalue weighted by atomic mass is 16.6. The molecular formula is C6H6N2O3. The van der Waals surface area contributed by atoms with E-state index in [1.54, 1.807) is 6.08 Å². The summed E-state index contributed by atoms with van der Waals surface area (Å²) in [4.78, 5) is 21.0. The second kappa shape index (κ2) is 2.06. The number of hydrogen-bond acceptors (Lipinski definition) is 3. The Balaban J connectivity index is 2.19. The second-order valence-electron chi connectivity index (χ2n) is 2.36. The Bertz CT molecular complexity index is 248. The average Bonchev–Trinajstić information content (AvgIpc) is 2.64. The van der Waals surface area contributed by atoms with Gasteiger partial charge in [0.15, 0.2) is 12.5 Å². The Morgan fingerprint density at radius 1 is 1.64 bits per heavy atom. The third-order valence-electron chi connectivity index (χ3n) is 1.53. The monoisotopic (exact) mass is 154 g/mol. The quantitative estimate of drug-likeness (QED) is 0.380. The first-order chi connectivity index (χ1) is 5.29. The Hall–Kier alpha value is -1.36. The topological polar surface area (TPSA) is 70.7 Å². The zero-order valence-corrected chi connectivity index (χ0v) is 5.53. The molecule has 2 atom stereocenters. The molecule has 2 amide bonds. The van der Waals surface area contributed by atoms with E-state index in [1.165, 1.54) is 0 Å². The van der Waals surface area contributed by atoms with Gasteiger partial charge in [-0.3, -0.25) is 4.79 Å². The summed E-state index contributed by atoms with van der Waals surface area (Å²) >= 11 is 0. The lowest BCUT2D eigenvalue weighted by Gasteiger charge is -2.00. The Morgan fingerprint density at radius 3 is 3.18 bits per heavy atom. The first-order valence-electron chi connectivity index (χ1n) is 3.19. The Labute approximate surface area is 62.4 Å². The molecule has 1 saturated heterocycles. The van der Waals surface area contributed by atoms with Crippen molar-refractivity contribution in [3.05, 3.63) is 11.8 Å². The van der Waals surface area contributed by atoms with Crippen LogP contribution in [0.2, 0.25) is 0 Å². The molecule has 0 bridgehead atoms. The van der Waals surface area contributed by atoms with Crippen LogP contribution in [0.5, 0.6) is 0 Å². The summed E-state index contributed by atoms with van der Waals surface area (Å²) in [5.41, 5.74) is 0.257. The van der Waals surface area contributed by atoms with Crippen LogP contribution in [0.3, 0.4) is 0 Å². The van der Waals surface area contributed by atoms with E-state index in [4.69, 9.17) is 4.74 Å². The molecule has 2 N–H and O–H groups in total. The van der Waals surface area contributed by atoms with Crippen molar-refractivity contribution >= 4 is 12.3 Å². The maximum absolute atomic E-state index is 10.8. The first-order valence-corrected chi connectivity index (χ1v) is 3.19. The van der Waals surface area contributed by atoms with Gasteiger partial charge in [0, 0.05) is 0 Å². The van der Waals surface area contributed by atoms with Crippen molar-refractivity contribution in [3.8, 4) is 0 Å². The van der Waals surface area contributed by atoms with Gasteiger partial charge in [-0.15, -0.1) is 0 Å². The van der Waals surface area contributed by atoms with Crippen molar-refractivity contribution < 1.29 is 14.3 Å². The van der Waals surface area contributed by atoms with Gasteiger partial charge >= 0.3 is 6.03 Å². The lowest BCUT2D eigenvalue weighted by molar-refractivity contribution is -0.105. The third kappa shape index (κ3) is 1.10. The number of amides is 2. The highest BCUT2D eigenvalue weighted by molar-refractivity contribution is 5.86. The number of nitrogens with one attached hydrogen (secondary N) is 2. The summed E-state index contributed by atoms with van der Waals surface area (Å²) in [6.07, 6.45) is 1.79. The van der Waals surface area contributed by atoms with Gasteiger partial charge in [0.1, 0.15) is 6.10 Å². The zero-order valence-electron chi connectivity index (χ0n) is 5.53. The van der Waals surface area contributed by atoms with Crippen LogP contribution in [0.1, 0.15) is 0 Å². The molecule has 2 aliphatic rings. The van der Waals surface area contributed by atoms with Gasteiger partial charge in [-0.2, -0.15) is 0 Å². The maximum Gasteiger partial charge on any atom is 0.321 e. The molecule has 2 rings (SSSR count). The van der Waals surface area contributed by atoms with Crippen LogP contribution < -0.4 is 10.6 Å². The molecule has 5 nitrogen and oxygen atoms in total. The molecule has 0 aromatic rings. The van der Waals surface area contributed by atoms with Crippen LogP contribution in [0.25, 0.3) is 0 Å². The molecule has 11 heavy (non-hydrogen) atoms. The summed E-state index contributed by atoms with van der Waals surface area (Å²) in [6.45, 7) is 0. The molecule has 0 saturated carbocycles. The van der Waals surface area contributed by atoms with Gasteiger partial charge in [-0.05, 0) is 6.08 Å². The van der Waals surface area contributed by atoms with Crippen molar-refractivity contribution in [1.82, 2.24) is 10.6 Å². The van der Waals surface area contributed by atoms with Crippen LogP contribution in [0.15, 0.2) is 11.8 Å². The lowest BCUT2D eigenvalue weighted by atomic mass is 10.3. The number of hydrogen-bond donors (Lipinski definition) is 2. The van der Waals surface area contributed by atoms with Gasteiger partial charge in [-0.25, -0.2) is 4.79 Å². The molecule has 0 aromatic carbocycles. The number of fused-ring (bicyclic) bond motifs is 1. The number of carbonyl (C=O) groups excluding carboxylic acids is 2. The summed E-state index contributed by atoms with van der Waals surface area (Å²) in [6, 6.07) is -0.395. The molecule has 2 unspecified atom stereocenters. The van der Waals surface area contributed by atoms with Crippen molar-refractivity contribution in [3.63, 3.8) is 0 Å². The molecule has 2 heterocycles. The predicted molar refractivity (Wildman–Crippen MR) is 34.5 cm³/mol. The molecular weight excluding hydrogens is 148 g/mol. The average molecular weight is 154 g/mol. The van der Waals surface area contributed by atoms with Gasteiger partial charge in [0.2, 0.25) is 0 Å². The molecule has 2 aliphatic heterocycles. The number of urea groups is 1. The number of rotatable bonds is 1. The van der Waals surface area contributed by atoms with E-state index in [1.807, 2.05) is 0 Å². The smallest absolute Gasteiger partial charge is 0.321 e. The minimum absolute atomic E-state index is 0.130. The lowest BCUT2D eigenvalue weighted by Crippen LogP contribution is -2.35. The highest BCUT2D eigenvalue weighted by Crippen LogP contribution is 2.22. The van der Waals surface area contributed by atoms with E-state index in [0.29, 0.717) is 6.29 Å². The van der Waals surface area contributed by atoms with Gasteiger partial charge in [-0.1, -0.05) is 0 Å². The van der Waals surface area contributed by atoms with Crippen LogP contribution in [-0.2, 0) is 9.53 Å². The normalized spacial score (nSPS) is 33.8. The largest absolute Gasteiger partial charge is 0.343 e. The number of aldehydes is 1. The van der Waals surface area contributed by atoms with Crippen molar-refractivity contribution in [2.45, 2.75) is 12.3 Å². The molecule has 0 aromatic heterocycles. The molecule has 0 spiro atoms. The minimum atomic E-state index is -0.395. The van der Waals surface area contributed by atoms with E-state index in [-0.39, 0.29) is 18.0 Å². The first kappa shape index (κ1) is 6.36. The number of carbonyl (C=O) groups is 2. The number of epoxide rings is 1. The van der Waals surface area contributed by atoms with Crippen LogP contribution >= 0.6 is 0 Å². The van der Waals surface area contributed by atoms with E-state index in [9.17, 15) is 9.59 Å². The number of ether oxygens (including phenoxy) is 1. The standard InChI is InChI=1S/C6H6N2O3/c9-2-3-1-4-5(11-4)8-6(10)7-3/h1-2,4-5H,(H2,7,8,10). The molecule has 58 valence electrons. The fourth-order valence-electron chi connectivity index (χ4n) is 0.951. The van der Waals surface area contributed by atoms with Crippen LogP contribution in [0, 0.1) is 0 Å². The van der Waals surface area contributed by atoms with E-state index in [2.05, 4.69) is 10.6 Å². The molecule has 0 aliphatic carbocycles. The fraction of sp³-hybridized carbons (Fsp3) is 0.333.